The number of nitrogens with zero attached hydrogens (tertiary/aromatic N) is 4. The smallest absolute Gasteiger partial charge is 0.314 e. The number of methoxy groups -OCH3 is 1. The van der Waals surface area contributed by atoms with E-state index in [0.717, 1.165) is 19.2 Å². The van der Waals surface area contributed by atoms with Crippen LogP contribution in [-0.4, -0.2) is 22.0 Å². The first-order valence-electron chi connectivity index (χ1n) is 5.74. The summed E-state index contributed by atoms with van der Waals surface area (Å²) in [5.41, 5.74) is 10.1. The minimum atomic E-state index is -0.980. The Balaban J connectivity index is 2.80. The Bertz CT molecular complexity index is 817. The average molecular weight is 304 g/mol. The third-order valence-electron chi connectivity index (χ3n) is 2.76. The molecule has 0 aliphatic carbocycles. The van der Waals surface area contributed by atoms with Crippen LogP contribution in [0.2, 0.25) is 0 Å². The van der Waals surface area contributed by atoms with Gasteiger partial charge in [-0.15, -0.1) is 0 Å². The number of nitrogens with two attached hydrogens (primary N) is 2. The van der Waals surface area contributed by atoms with Crippen molar-refractivity contribution in [3.63, 3.8) is 0 Å². The van der Waals surface area contributed by atoms with E-state index in [9.17, 15) is 14.5 Å². The number of benzene rings is 1. The van der Waals surface area contributed by atoms with Crippen LogP contribution >= 0.6 is 0 Å². The number of halogens is 1. The molecule has 22 heavy (non-hydrogen) atoms. The van der Waals surface area contributed by atoms with Crippen LogP contribution in [0.15, 0.2) is 12.1 Å². The number of anilines is 2. The normalized spacial score (nSPS) is 10.0. The molecule has 2 rings (SSSR count). The molecule has 0 spiro atoms. The number of hydrogen-bond donors (Lipinski definition) is 2. The molecular formula is C12H9FN6O3. The predicted molar refractivity (Wildman–Crippen MR) is 74.2 cm³/mol. The Morgan fingerprint density at radius 2 is 2.09 bits per heavy atom. The maximum atomic E-state index is 14.0. The van der Waals surface area contributed by atoms with Crippen molar-refractivity contribution in [2.75, 3.05) is 18.6 Å². The highest BCUT2D eigenvalue weighted by Crippen LogP contribution is 2.36. The van der Waals surface area contributed by atoms with Crippen LogP contribution in [-0.2, 0) is 0 Å². The first kappa shape index (κ1) is 14.9. The van der Waals surface area contributed by atoms with Crippen molar-refractivity contribution in [3.05, 3.63) is 33.6 Å². The fraction of sp³-hybridized carbons (Fsp3) is 0.0833. The molecule has 0 radical (unpaired) electrons. The molecule has 1 aromatic carbocycles. The monoisotopic (exact) mass is 304 g/mol. The minimum Gasteiger partial charge on any atom is -0.488 e. The van der Waals surface area contributed by atoms with Crippen molar-refractivity contribution in [3.8, 4) is 23.1 Å². The van der Waals surface area contributed by atoms with Gasteiger partial charge >= 0.3 is 5.69 Å². The van der Waals surface area contributed by atoms with E-state index in [4.69, 9.17) is 16.7 Å². The molecule has 112 valence electrons. The number of hydrogen-bond acceptors (Lipinski definition) is 8. The molecule has 10 heteroatoms. The SMILES string of the molecule is COc1c(F)cc(-c2nc(N)nc(N)c2C#N)cc1[N+](=O)[O-]. The van der Waals surface area contributed by atoms with E-state index in [0.29, 0.717) is 0 Å². The van der Waals surface area contributed by atoms with Crippen molar-refractivity contribution >= 4 is 17.5 Å². The summed E-state index contributed by atoms with van der Waals surface area (Å²) in [6.45, 7) is 0. The number of nitrogen functional groups attached to an aromatic ring is 2. The van der Waals surface area contributed by atoms with Crippen LogP contribution in [0.4, 0.5) is 21.8 Å². The molecule has 0 bridgehead atoms. The molecule has 2 aromatic rings. The maximum Gasteiger partial charge on any atom is 0.314 e. The van der Waals surface area contributed by atoms with Crippen molar-refractivity contribution in [2.45, 2.75) is 0 Å². The van der Waals surface area contributed by atoms with Crippen molar-refractivity contribution in [1.29, 1.82) is 5.26 Å². The zero-order chi connectivity index (χ0) is 16.4. The van der Waals surface area contributed by atoms with Crippen LogP contribution in [0.3, 0.4) is 0 Å². The summed E-state index contributed by atoms with van der Waals surface area (Å²) in [4.78, 5) is 17.6. The number of nitro benzene ring substituents is 1. The van der Waals surface area contributed by atoms with Crippen molar-refractivity contribution in [1.82, 2.24) is 9.97 Å². The lowest BCUT2D eigenvalue weighted by molar-refractivity contribution is -0.385. The summed E-state index contributed by atoms with van der Waals surface area (Å²) in [5, 5.41) is 20.1. The average Bonchev–Trinajstić information content (AvgIpc) is 2.45. The van der Waals surface area contributed by atoms with Crippen LogP contribution in [0.25, 0.3) is 11.3 Å². The van der Waals surface area contributed by atoms with Crippen LogP contribution in [0.5, 0.6) is 5.75 Å². The van der Waals surface area contributed by atoms with Crippen LogP contribution < -0.4 is 16.2 Å². The van der Waals surface area contributed by atoms with Gasteiger partial charge < -0.3 is 16.2 Å². The van der Waals surface area contributed by atoms with Gasteiger partial charge in [0.15, 0.2) is 5.82 Å². The standard InChI is InChI=1S/C12H9FN6O3/c1-22-10-7(13)2-5(3-8(10)19(20)21)9-6(4-14)11(15)18-12(16)17-9/h2-3H,1H3,(H4,15,16,17,18). The fourth-order valence-electron chi connectivity index (χ4n) is 1.87. The highest BCUT2D eigenvalue weighted by molar-refractivity contribution is 5.75. The van der Waals surface area contributed by atoms with E-state index >= 15 is 0 Å². The molecule has 0 saturated carbocycles. The molecule has 4 N–H and O–H groups in total. The largest absolute Gasteiger partial charge is 0.488 e. The molecule has 1 heterocycles. The molecule has 0 saturated heterocycles. The number of nitriles is 1. The summed E-state index contributed by atoms with van der Waals surface area (Å²) < 4.78 is 18.6. The first-order valence-corrected chi connectivity index (χ1v) is 5.74. The summed E-state index contributed by atoms with van der Waals surface area (Å²) >= 11 is 0. The quantitative estimate of drug-likeness (QED) is 0.633. The fourth-order valence-corrected chi connectivity index (χ4v) is 1.87. The van der Waals surface area contributed by atoms with Gasteiger partial charge in [0.1, 0.15) is 17.5 Å². The summed E-state index contributed by atoms with van der Waals surface area (Å²) in [7, 11) is 1.10. The summed E-state index contributed by atoms with van der Waals surface area (Å²) in [6, 6.07) is 3.71. The van der Waals surface area contributed by atoms with Gasteiger partial charge in [-0.05, 0) is 6.07 Å². The van der Waals surface area contributed by atoms with Crippen LogP contribution in [0, 0.1) is 27.3 Å². The van der Waals surface area contributed by atoms with Gasteiger partial charge in [0.2, 0.25) is 11.7 Å². The second kappa shape index (κ2) is 5.49. The molecule has 0 fully saturated rings. The topological polar surface area (TPSA) is 154 Å². The molecule has 0 unspecified atom stereocenters. The Morgan fingerprint density at radius 1 is 1.41 bits per heavy atom. The Morgan fingerprint density at radius 3 is 2.64 bits per heavy atom. The number of aromatic nitrogens is 2. The molecule has 0 aliphatic heterocycles. The summed E-state index contributed by atoms with van der Waals surface area (Å²) in [6.07, 6.45) is 0. The van der Waals surface area contributed by atoms with Crippen molar-refractivity contribution in [2.24, 2.45) is 0 Å². The lowest BCUT2D eigenvalue weighted by Crippen LogP contribution is -2.05. The van der Waals surface area contributed by atoms with Gasteiger partial charge in [-0.3, -0.25) is 10.1 Å². The Labute approximate surface area is 123 Å². The number of rotatable bonds is 3. The first-order chi connectivity index (χ1) is 10.4. The number of nitro groups is 1. The zero-order valence-corrected chi connectivity index (χ0v) is 11.2. The lowest BCUT2D eigenvalue weighted by atomic mass is 10.1. The molecule has 0 atom stereocenters. The van der Waals surface area contributed by atoms with E-state index in [1.165, 1.54) is 0 Å². The second-order valence-electron chi connectivity index (χ2n) is 4.07. The minimum absolute atomic E-state index is 0.0395. The third kappa shape index (κ3) is 2.42. The van der Waals surface area contributed by atoms with Gasteiger partial charge in [-0.25, -0.2) is 9.37 Å². The van der Waals surface area contributed by atoms with Crippen LogP contribution in [0.1, 0.15) is 5.56 Å². The van der Waals surface area contributed by atoms with Crippen molar-refractivity contribution < 1.29 is 14.1 Å². The van der Waals surface area contributed by atoms with Gasteiger partial charge in [0, 0.05) is 11.6 Å². The van der Waals surface area contributed by atoms with Gasteiger partial charge in [0.25, 0.3) is 0 Å². The lowest BCUT2D eigenvalue weighted by Gasteiger charge is -2.09. The highest BCUT2D eigenvalue weighted by atomic mass is 19.1. The molecule has 0 amide bonds. The van der Waals surface area contributed by atoms with Gasteiger partial charge in [-0.2, -0.15) is 10.2 Å². The van der Waals surface area contributed by atoms with Gasteiger partial charge in [-0.1, -0.05) is 0 Å². The molecule has 1 aromatic heterocycles. The van der Waals surface area contributed by atoms with E-state index in [2.05, 4.69) is 14.7 Å². The van der Waals surface area contributed by atoms with E-state index in [1.807, 2.05) is 0 Å². The van der Waals surface area contributed by atoms with E-state index < -0.39 is 22.2 Å². The Kier molecular flexibility index (Phi) is 3.72. The maximum absolute atomic E-state index is 14.0. The Hall–Kier alpha value is -3.48. The van der Waals surface area contributed by atoms with E-state index in [-0.39, 0.29) is 28.6 Å². The summed E-state index contributed by atoms with van der Waals surface area (Å²) in [5.74, 6) is -1.96. The predicted octanol–water partition coefficient (Wildman–Crippen LogP) is 1.24. The second-order valence-corrected chi connectivity index (χ2v) is 4.07. The molecule has 9 nitrogen and oxygen atoms in total. The van der Waals surface area contributed by atoms with Gasteiger partial charge in [0.05, 0.1) is 17.7 Å². The van der Waals surface area contributed by atoms with E-state index in [1.54, 1.807) is 6.07 Å². The third-order valence-corrected chi connectivity index (χ3v) is 2.76. The molecular weight excluding hydrogens is 295 g/mol. The molecule has 0 aliphatic rings. The zero-order valence-electron chi connectivity index (χ0n) is 11.2. The highest BCUT2D eigenvalue weighted by Gasteiger charge is 2.24. The number of ether oxygens (including phenoxy) is 1.